The first-order valence-electron chi connectivity index (χ1n) is 5.99. The van der Waals surface area contributed by atoms with E-state index in [-0.39, 0.29) is 11.3 Å². The highest BCUT2D eigenvalue weighted by molar-refractivity contribution is 7.90. The summed E-state index contributed by atoms with van der Waals surface area (Å²) in [6, 6.07) is 8.19. The van der Waals surface area contributed by atoms with E-state index in [4.69, 9.17) is 0 Å². The summed E-state index contributed by atoms with van der Waals surface area (Å²) in [6.45, 7) is 1.89. The Bertz CT molecular complexity index is 714. The first kappa shape index (κ1) is 14.3. The molecule has 0 saturated heterocycles. The van der Waals surface area contributed by atoms with E-state index in [0.717, 1.165) is 9.54 Å². The topological polar surface area (TPSA) is 65.4 Å². The summed E-state index contributed by atoms with van der Waals surface area (Å²) in [6.07, 6.45) is 2.90. The molecule has 2 rings (SSSR count). The van der Waals surface area contributed by atoms with Crippen molar-refractivity contribution in [2.45, 2.75) is 18.2 Å². The first-order chi connectivity index (χ1) is 9.43. The maximum atomic E-state index is 12.4. The Morgan fingerprint density at radius 2 is 1.85 bits per heavy atom. The molecule has 0 aliphatic rings. The minimum atomic E-state index is -3.61. The van der Waals surface area contributed by atoms with Gasteiger partial charge in [0.25, 0.3) is 10.0 Å². The summed E-state index contributed by atoms with van der Waals surface area (Å²) in [5.41, 5.74) is 1.58. The van der Waals surface area contributed by atoms with Crippen LogP contribution in [-0.2, 0) is 26.0 Å². The minimum Gasteiger partial charge on any atom is -0.469 e. The standard InChI is InChI=1S/C14H15NO4S/c1-11-3-5-13(6-4-11)20(17,18)15-8-7-12(10-15)9-14(16)19-2/h3-8,10H,9H2,1-2H3. The van der Waals surface area contributed by atoms with Crippen molar-refractivity contribution in [2.24, 2.45) is 0 Å². The van der Waals surface area contributed by atoms with Crippen LogP contribution >= 0.6 is 0 Å². The fourth-order valence-corrected chi connectivity index (χ4v) is 2.96. The monoisotopic (exact) mass is 293 g/mol. The molecule has 20 heavy (non-hydrogen) atoms. The van der Waals surface area contributed by atoms with Crippen molar-refractivity contribution in [3.63, 3.8) is 0 Å². The van der Waals surface area contributed by atoms with Crippen LogP contribution in [-0.4, -0.2) is 25.5 Å². The Balaban J connectivity index is 2.31. The number of aromatic nitrogens is 1. The highest BCUT2D eigenvalue weighted by Gasteiger charge is 2.17. The fraction of sp³-hybridized carbons (Fsp3) is 0.214. The van der Waals surface area contributed by atoms with E-state index in [0.29, 0.717) is 5.56 Å². The summed E-state index contributed by atoms with van der Waals surface area (Å²) in [5, 5.41) is 0. The number of carbonyl (C=O) groups excluding carboxylic acids is 1. The van der Waals surface area contributed by atoms with Crippen molar-refractivity contribution >= 4 is 16.0 Å². The summed E-state index contributed by atoms with van der Waals surface area (Å²) >= 11 is 0. The number of nitrogens with zero attached hydrogens (tertiary/aromatic N) is 1. The molecule has 0 saturated carbocycles. The number of hydrogen-bond donors (Lipinski definition) is 0. The molecule has 0 unspecified atom stereocenters. The molecule has 1 aromatic carbocycles. The molecular formula is C14H15NO4S. The predicted octanol–water partition coefficient (Wildman–Crippen LogP) is 1.75. The third kappa shape index (κ3) is 2.91. The Kier molecular flexibility index (Phi) is 3.94. The second-order valence-corrected chi connectivity index (χ2v) is 6.26. The Labute approximate surface area is 117 Å². The molecule has 0 aliphatic heterocycles. The smallest absolute Gasteiger partial charge is 0.310 e. The zero-order chi connectivity index (χ0) is 14.8. The van der Waals surface area contributed by atoms with E-state index < -0.39 is 16.0 Å². The number of hydrogen-bond acceptors (Lipinski definition) is 4. The lowest BCUT2D eigenvalue weighted by atomic mass is 10.2. The summed E-state index contributed by atoms with van der Waals surface area (Å²) in [5.74, 6) is -0.407. The normalized spacial score (nSPS) is 11.3. The average Bonchev–Trinajstić information content (AvgIpc) is 2.88. The van der Waals surface area contributed by atoms with Crippen molar-refractivity contribution in [3.8, 4) is 0 Å². The van der Waals surface area contributed by atoms with Gasteiger partial charge in [-0.1, -0.05) is 17.7 Å². The number of rotatable bonds is 4. The van der Waals surface area contributed by atoms with Gasteiger partial charge in [-0.3, -0.25) is 4.79 Å². The highest BCUT2D eigenvalue weighted by Crippen LogP contribution is 2.16. The van der Waals surface area contributed by atoms with Crippen molar-refractivity contribution in [3.05, 3.63) is 53.9 Å². The van der Waals surface area contributed by atoms with E-state index in [1.807, 2.05) is 6.92 Å². The average molecular weight is 293 g/mol. The summed E-state index contributed by atoms with van der Waals surface area (Å²) in [7, 11) is -2.32. The molecule has 5 nitrogen and oxygen atoms in total. The van der Waals surface area contributed by atoms with Crippen LogP contribution < -0.4 is 0 Å². The number of aryl methyl sites for hydroxylation is 1. The van der Waals surface area contributed by atoms with Gasteiger partial charge in [0.15, 0.2) is 0 Å². The molecule has 2 aromatic rings. The molecule has 106 valence electrons. The number of ether oxygens (including phenoxy) is 1. The predicted molar refractivity (Wildman–Crippen MR) is 73.9 cm³/mol. The lowest BCUT2D eigenvalue weighted by molar-refractivity contribution is -0.139. The van der Waals surface area contributed by atoms with Gasteiger partial charge in [0.05, 0.1) is 18.4 Å². The van der Waals surface area contributed by atoms with Gasteiger partial charge in [0, 0.05) is 12.4 Å². The Morgan fingerprint density at radius 3 is 2.45 bits per heavy atom. The molecule has 0 aliphatic carbocycles. The van der Waals surface area contributed by atoms with E-state index in [1.54, 1.807) is 30.3 Å². The third-order valence-corrected chi connectivity index (χ3v) is 4.55. The quantitative estimate of drug-likeness (QED) is 0.806. The van der Waals surface area contributed by atoms with E-state index in [2.05, 4.69) is 4.74 Å². The molecule has 0 fully saturated rings. The van der Waals surface area contributed by atoms with Gasteiger partial charge in [-0.25, -0.2) is 12.4 Å². The second kappa shape index (κ2) is 5.50. The largest absolute Gasteiger partial charge is 0.469 e. The SMILES string of the molecule is COC(=O)Cc1ccn(S(=O)(=O)c2ccc(C)cc2)c1. The number of esters is 1. The van der Waals surface area contributed by atoms with Crippen molar-refractivity contribution < 1.29 is 17.9 Å². The van der Waals surface area contributed by atoms with Crippen LogP contribution in [0.3, 0.4) is 0 Å². The lowest BCUT2D eigenvalue weighted by Gasteiger charge is -2.05. The van der Waals surface area contributed by atoms with E-state index in [1.165, 1.54) is 19.5 Å². The zero-order valence-corrected chi connectivity index (χ0v) is 12.1. The minimum absolute atomic E-state index is 0.0485. The van der Waals surface area contributed by atoms with E-state index in [9.17, 15) is 13.2 Å². The van der Waals surface area contributed by atoms with Crippen LogP contribution in [0.15, 0.2) is 47.6 Å². The summed E-state index contributed by atoms with van der Waals surface area (Å²) < 4.78 is 30.4. The third-order valence-electron chi connectivity index (χ3n) is 2.90. The molecular weight excluding hydrogens is 278 g/mol. The fourth-order valence-electron chi connectivity index (χ4n) is 1.74. The van der Waals surface area contributed by atoms with Gasteiger partial charge in [-0.05, 0) is 30.7 Å². The van der Waals surface area contributed by atoms with Crippen molar-refractivity contribution in [1.29, 1.82) is 0 Å². The molecule has 1 aromatic heterocycles. The van der Waals surface area contributed by atoms with Crippen LogP contribution in [0.2, 0.25) is 0 Å². The molecule has 1 heterocycles. The highest BCUT2D eigenvalue weighted by atomic mass is 32.2. The molecule has 0 N–H and O–H groups in total. The van der Waals surface area contributed by atoms with Crippen LogP contribution in [0.4, 0.5) is 0 Å². The van der Waals surface area contributed by atoms with Gasteiger partial charge in [0.2, 0.25) is 0 Å². The lowest BCUT2D eigenvalue weighted by Crippen LogP contribution is -2.11. The van der Waals surface area contributed by atoms with Gasteiger partial charge < -0.3 is 4.74 Å². The molecule has 0 radical (unpaired) electrons. The molecule has 0 amide bonds. The molecule has 0 atom stereocenters. The maximum Gasteiger partial charge on any atom is 0.310 e. The van der Waals surface area contributed by atoms with Gasteiger partial charge in [-0.15, -0.1) is 0 Å². The molecule has 0 bridgehead atoms. The van der Waals surface area contributed by atoms with Gasteiger partial charge in [0.1, 0.15) is 0 Å². The number of carbonyl (C=O) groups is 1. The maximum absolute atomic E-state index is 12.4. The number of methoxy groups -OCH3 is 1. The number of benzene rings is 1. The van der Waals surface area contributed by atoms with Crippen LogP contribution in [0.5, 0.6) is 0 Å². The first-order valence-corrected chi connectivity index (χ1v) is 7.43. The Morgan fingerprint density at radius 1 is 1.20 bits per heavy atom. The van der Waals surface area contributed by atoms with Crippen LogP contribution in [0.1, 0.15) is 11.1 Å². The molecule has 0 spiro atoms. The van der Waals surface area contributed by atoms with Gasteiger partial charge in [-0.2, -0.15) is 0 Å². The van der Waals surface area contributed by atoms with Crippen LogP contribution in [0, 0.1) is 6.92 Å². The van der Waals surface area contributed by atoms with Crippen LogP contribution in [0.25, 0.3) is 0 Å². The Hall–Kier alpha value is -2.08. The van der Waals surface area contributed by atoms with E-state index >= 15 is 0 Å². The van der Waals surface area contributed by atoms with Crippen molar-refractivity contribution in [1.82, 2.24) is 3.97 Å². The second-order valence-electron chi connectivity index (χ2n) is 4.42. The zero-order valence-electron chi connectivity index (χ0n) is 11.2. The van der Waals surface area contributed by atoms with Crippen molar-refractivity contribution in [2.75, 3.05) is 7.11 Å². The molecule has 6 heteroatoms. The van der Waals surface area contributed by atoms with Gasteiger partial charge >= 0.3 is 5.97 Å². The summed E-state index contributed by atoms with van der Waals surface area (Å²) in [4.78, 5) is 11.4.